The molecular formula is C26H35N5O4. The van der Waals surface area contributed by atoms with E-state index in [0.29, 0.717) is 57.3 Å². The number of ether oxygens (including phenoxy) is 2. The number of benzene rings is 1. The number of fused-ring (bicyclic) bond motifs is 1. The number of pyridine rings is 1. The SMILES string of the molecule is CCCOCCn1c(=O)c(N2CCN(CCO)CC2)nc2cnc(-c3cccc(OCC)c3)cc21. The van der Waals surface area contributed by atoms with Gasteiger partial charge in [0.2, 0.25) is 0 Å². The lowest BCUT2D eigenvalue weighted by Gasteiger charge is -2.34. The maximum Gasteiger partial charge on any atom is 0.294 e. The summed E-state index contributed by atoms with van der Waals surface area (Å²) in [7, 11) is 0. The topological polar surface area (TPSA) is 93.0 Å². The number of rotatable bonds is 11. The molecule has 3 aromatic rings. The van der Waals surface area contributed by atoms with Crippen molar-refractivity contribution in [3.8, 4) is 17.0 Å². The van der Waals surface area contributed by atoms with Gasteiger partial charge in [0, 0.05) is 51.4 Å². The minimum atomic E-state index is -0.117. The van der Waals surface area contributed by atoms with Gasteiger partial charge in [-0.3, -0.25) is 14.7 Å². The molecule has 0 aliphatic carbocycles. The van der Waals surface area contributed by atoms with E-state index in [1.165, 1.54) is 0 Å². The number of hydrogen-bond acceptors (Lipinski definition) is 8. The Morgan fingerprint density at radius 2 is 1.89 bits per heavy atom. The Bertz CT molecular complexity index is 1170. The summed E-state index contributed by atoms with van der Waals surface area (Å²) < 4.78 is 13.1. The van der Waals surface area contributed by atoms with E-state index in [9.17, 15) is 9.90 Å². The third kappa shape index (κ3) is 5.98. The summed E-state index contributed by atoms with van der Waals surface area (Å²) in [5.41, 5.74) is 2.98. The number of aliphatic hydroxyl groups excluding tert-OH is 1. The first kappa shape index (κ1) is 25.1. The molecule has 0 bridgehead atoms. The highest BCUT2D eigenvalue weighted by molar-refractivity contribution is 5.80. The molecule has 0 unspecified atom stereocenters. The van der Waals surface area contributed by atoms with Crippen LogP contribution in [0.3, 0.4) is 0 Å². The van der Waals surface area contributed by atoms with Crippen molar-refractivity contribution in [1.82, 2.24) is 19.4 Å². The molecule has 9 heteroatoms. The molecular weight excluding hydrogens is 446 g/mol. The fraction of sp³-hybridized carbons (Fsp3) is 0.500. The molecule has 0 saturated carbocycles. The molecule has 1 N–H and O–H groups in total. The second kappa shape index (κ2) is 12.1. The summed E-state index contributed by atoms with van der Waals surface area (Å²) in [6, 6.07) is 9.73. The Morgan fingerprint density at radius 1 is 1.06 bits per heavy atom. The fourth-order valence-electron chi connectivity index (χ4n) is 4.36. The van der Waals surface area contributed by atoms with Crippen LogP contribution in [0.4, 0.5) is 5.82 Å². The molecule has 1 fully saturated rings. The fourth-order valence-corrected chi connectivity index (χ4v) is 4.36. The smallest absolute Gasteiger partial charge is 0.294 e. The number of hydrogen-bond donors (Lipinski definition) is 1. The Morgan fingerprint density at radius 3 is 2.63 bits per heavy atom. The quantitative estimate of drug-likeness (QED) is 0.418. The predicted octanol–water partition coefficient (Wildman–Crippen LogP) is 2.40. The van der Waals surface area contributed by atoms with Crippen LogP contribution in [0.25, 0.3) is 22.3 Å². The Hall–Kier alpha value is -3.01. The molecule has 0 spiro atoms. The molecule has 0 atom stereocenters. The second-order valence-corrected chi connectivity index (χ2v) is 8.58. The van der Waals surface area contributed by atoms with Gasteiger partial charge in [-0.2, -0.15) is 0 Å². The Kier molecular flexibility index (Phi) is 8.68. The van der Waals surface area contributed by atoms with Crippen LogP contribution in [0, 0.1) is 0 Å². The van der Waals surface area contributed by atoms with E-state index >= 15 is 0 Å². The standard InChI is InChI=1S/C26H35N5O4/c1-3-15-34-16-13-31-24-18-22(20-6-5-7-21(17-20)35-4-2)27-19-23(24)28-25(26(31)33)30-10-8-29(9-11-30)12-14-32/h5-7,17-19,32H,3-4,8-16H2,1-2H3. The summed E-state index contributed by atoms with van der Waals surface area (Å²) >= 11 is 0. The summed E-state index contributed by atoms with van der Waals surface area (Å²) in [6.45, 7) is 9.90. The lowest BCUT2D eigenvalue weighted by molar-refractivity contribution is 0.127. The monoisotopic (exact) mass is 481 g/mol. The van der Waals surface area contributed by atoms with Crippen LogP contribution in [0.5, 0.6) is 5.75 Å². The molecule has 1 saturated heterocycles. The van der Waals surface area contributed by atoms with Crippen molar-refractivity contribution < 1.29 is 14.6 Å². The van der Waals surface area contributed by atoms with E-state index in [1.54, 1.807) is 10.8 Å². The van der Waals surface area contributed by atoms with Crippen molar-refractivity contribution in [2.75, 3.05) is 64.1 Å². The van der Waals surface area contributed by atoms with Gasteiger partial charge in [0.05, 0.1) is 37.2 Å². The van der Waals surface area contributed by atoms with Gasteiger partial charge in [0.1, 0.15) is 11.3 Å². The molecule has 35 heavy (non-hydrogen) atoms. The molecule has 2 aromatic heterocycles. The molecule has 0 radical (unpaired) electrons. The lowest BCUT2D eigenvalue weighted by atomic mass is 10.1. The van der Waals surface area contributed by atoms with Gasteiger partial charge in [-0.1, -0.05) is 19.1 Å². The molecule has 3 heterocycles. The van der Waals surface area contributed by atoms with Crippen LogP contribution in [0.15, 0.2) is 41.3 Å². The first-order valence-electron chi connectivity index (χ1n) is 12.4. The summed E-state index contributed by atoms with van der Waals surface area (Å²) in [4.78, 5) is 27.3. The highest BCUT2D eigenvalue weighted by Gasteiger charge is 2.22. The zero-order chi connectivity index (χ0) is 24.6. The van der Waals surface area contributed by atoms with Crippen LogP contribution < -0.4 is 15.2 Å². The largest absolute Gasteiger partial charge is 0.494 e. The summed E-state index contributed by atoms with van der Waals surface area (Å²) in [5, 5.41) is 9.22. The normalized spacial score (nSPS) is 14.5. The zero-order valence-corrected chi connectivity index (χ0v) is 20.7. The summed E-state index contributed by atoms with van der Waals surface area (Å²) in [6.07, 6.45) is 2.67. The van der Waals surface area contributed by atoms with E-state index in [2.05, 4.69) is 16.8 Å². The van der Waals surface area contributed by atoms with Crippen LogP contribution >= 0.6 is 0 Å². The van der Waals surface area contributed by atoms with E-state index in [0.717, 1.165) is 42.0 Å². The maximum atomic E-state index is 13.6. The van der Waals surface area contributed by atoms with Gasteiger partial charge in [0.25, 0.3) is 5.56 Å². The minimum absolute atomic E-state index is 0.117. The molecule has 0 amide bonds. The molecule has 1 aliphatic rings. The number of aromatic nitrogens is 3. The second-order valence-electron chi connectivity index (χ2n) is 8.58. The van der Waals surface area contributed by atoms with Crippen molar-refractivity contribution >= 4 is 16.9 Å². The number of anilines is 1. The van der Waals surface area contributed by atoms with E-state index < -0.39 is 0 Å². The highest BCUT2D eigenvalue weighted by atomic mass is 16.5. The van der Waals surface area contributed by atoms with E-state index in [4.69, 9.17) is 14.5 Å². The van der Waals surface area contributed by atoms with E-state index in [1.807, 2.05) is 42.2 Å². The Balaban J connectivity index is 1.71. The first-order chi connectivity index (χ1) is 17.1. The van der Waals surface area contributed by atoms with Gasteiger partial charge < -0.3 is 24.0 Å². The highest BCUT2D eigenvalue weighted by Crippen LogP contribution is 2.25. The van der Waals surface area contributed by atoms with Crippen LogP contribution in [0.2, 0.25) is 0 Å². The van der Waals surface area contributed by atoms with Crippen LogP contribution in [-0.4, -0.2) is 83.7 Å². The zero-order valence-electron chi connectivity index (χ0n) is 20.7. The Labute approximate surface area is 205 Å². The van der Waals surface area contributed by atoms with Crippen molar-refractivity contribution in [3.63, 3.8) is 0 Å². The number of β-amino-alcohol motifs (C(OH)–C–C–N with tert-alkyl or cyclic N) is 1. The van der Waals surface area contributed by atoms with E-state index in [-0.39, 0.29) is 12.2 Å². The predicted molar refractivity (Wildman–Crippen MR) is 137 cm³/mol. The third-order valence-corrected chi connectivity index (χ3v) is 6.15. The van der Waals surface area contributed by atoms with Gasteiger partial charge in [-0.05, 0) is 31.5 Å². The molecule has 1 aromatic carbocycles. The summed E-state index contributed by atoms with van der Waals surface area (Å²) in [5.74, 6) is 1.23. The van der Waals surface area contributed by atoms with Gasteiger partial charge in [0.15, 0.2) is 5.82 Å². The molecule has 4 rings (SSSR count). The minimum Gasteiger partial charge on any atom is -0.494 e. The molecule has 188 valence electrons. The molecule has 9 nitrogen and oxygen atoms in total. The van der Waals surface area contributed by atoms with Gasteiger partial charge >= 0.3 is 0 Å². The maximum absolute atomic E-state index is 13.6. The molecule has 1 aliphatic heterocycles. The van der Waals surface area contributed by atoms with Gasteiger partial charge in [-0.25, -0.2) is 4.98 Å². The number of nitrogens with zero attached hydrogens (tertiary/aromatic N) is 5. The van der Waals surface area contributed by atoms with Gasteiger partial charge in [-0.15, -0.1) is 0 Å². The number of aliphatic hydroxyl groups is 1. The first-order valence-corrected chi connectivity index (χ1v) is 12.4. The third-order valence-electron chi connectivity index (χ3n) is 6.15. The van der Waals surface area contributed by atoms with Crippen molar-refractivity contribution in [2.24, 2.45) is 0 Å². The van der Waals surface area contributed by atoms with Crippen LogP contribution in [-0.2, 0) is 11.3 Å². The number of piperazine rings is 1. The van der Waals surface area contributed by atoms with Crippen molar-refractivity contribution in [2.45, 2.75) is 26.8 Å². The lowest BCUT2D eigenvalue weighted by Crippen LogP contribution is -2.49. The van der Waals surface area contributed by atoms with Crippen molar-refractivity contribution in [3.05, 3.63) is 46.9 Å². The average Bonchev–Trinajstić information content (AvgIpc) is 2.88. The van der Waals surface area contributed by atoms with Crippen LogP contribution in [0.1, 0.15) is 20.3 Å². The van der Waals surface area contributed by atoms with Crippen molar-refractivity contribution in [1.29, 1.82) is 0 Å². The average molecular weight is 482 g/mol.